The Bertz CT molecular complexity index is 185. The van der Waals surface area contributed by atoms with Crippen LogP contribution in [-0.2, 0) is 4.79 Å². The van der Waals surface area contributed by atoms with Crippen LogP contribution in [0.5, 0.6) is 0 Å². The predicted octanol–water partition coefficient (Wildman–Crippen LogP) is 1.45. The predicted molar refractivity (Wildman–Crippen MR) is 56.1 cm³/mol. The summed E-state index contributed by atoms with van der Waals surface area (Å²) < 4.78 is 0. The average Bonchev–Trinajstić information content (AvgIpc) is 2.12. The van der Waals surface area contributed by atoms with Crippen molar-refractivity contribution in [2.24, 2.45) is 5.92 Å². The van der Waals surface area contributed by atoms with Gasteiger partial charge in [-0.25, -0.2) is 0 Å². The quantitative estimate of drug-likeness (QED) is 0.746. The molecular formula is C10H17NOS. The molecule has 0 aromatic rings. The first-order valence-electron chi connectivity index (χ1n) is 5.20. The molecule has 13 heavy (non-hydrogen) atoms. The summed E-state index contributed by atoms with van der Waals surface area (Å²) in [6.45, 7) is 1.01. The molecule has 1 saturated heterocycles. The third-order valence-corrected chi connectivity index (χ3v) is 4.09. The standard InChI is InChI=1S/C10H17NOS/c12-10(6-8-2-1-3-8)9-7-13-5-4-11-9/h8-9,11H,1-7H2. The number of hydrogen-bond acceptors (Lipinski definition) is 3. The van der Waals surface area contributed by atoms with Gasteiger partial charge in [-0.1, -0.05) is 19.3 Å². The molecule has 0 aromatic carbocycles. The normalized spacial score (nSPS) is 29.7. The first-order chi connectivity index (χ1) is 6.36. The Morgan fingerprint density at radius 2 is 2.31 bits per heavy atom. The van der Waals surface area contributed by atoms with Gasteiger partial charge in [-0.2, -0.15) is 11.8 Å². The van der Waals surface area contributed by atoms with Gasteiger partial charge in [0.15, 0.2) is 5.78 Å². The number of rotatable bonds is 3. The van der Waals surface area contributed by atoms with Gasteiger partial charge in [-0.05, 0) is 5.92 Å². The van der Waals surface area contributed by atoms with E-state index in [1.54, 1.807) is 0 Å². The van der Waals surface area contributed by atoms with Crippen molar-refractivity contribution in [3.63, 3.8) is 0 Å². The zero-order valence-electron chi connectivity index (χ0n) is 7.92. The first kappa shape index (κ1) is 9.53. The van der Waals surface area contributed by atoms with Crippen molar-refractivity contribution >= 4 is 17.5 Å². The molecule has 74 valence electrons. The molecule has 0 spiro atoms. The Morgan fingerprint density at radius 1 is 1.46 bits per heavy atom. The highest BCUT2D eigenvalue weighted by molar-refractivity contribution is 7.99. The maximum atomic E-state index is 11.7. The molecule has 0 bridgehead atoms. The molecule has 1 unspecified atom stereocenters. The van der Waals surface area contributed by atoms with E-state index in [1.165, 1.54) is 19.3 Å². The lowest BCUT2D eigenvalue weighted by molar-refractivity contribution is -0.122. The Labute approximate surface area is 83.8 Å². The van der Waals surface area contributed by atoms with E-state index in [2.05, 4.69) is 5.32 Å². The number of nitrogens with one attached hydrogen (secondary N) is 1. The molecule has 2 rings (SSSR count). The van der Waals surface area contributed by atoms with Crippen molar-refractivity contribution in [3.8, 4) is 0 Å². The molecule has 2 nitrogen and oxygen atoms in total. The van der Waals surface area contributed by atoms with Gasteiger partial charge in [0.25, 0.3) is 0 Å². The summed E-state index contributed by atoms with van der Waals surface area (Å²) in [6.07, 6.45) is 4.74. The van der Waals surface area contributed by atoms with Crippen LogP contribution in [0.4, 0.5) is 0 Å². The SMILES string of the molecule is O=C(CC1CCC1)C1CSCCN1. The van der Waals surface area contributed by atoms with Crippen LogP contribution in [-0.4, -0.2) is 29.9 Å². The fourth-order valence-electron chi connectivity index (χ4n) is 1.90. The molecule has 1 aliphatic carbocycles. The van der Waals surface area contributed by atoms with E-state index in [9.17, 15) is 4.79 Å². The van der Waals surface area contributed by atoms with Crippen LogP contribution >= 0.6 is 11.8 Å². The molecule has 0 radical (unpaired) electrons. The van der Waals surface area contributed by atoms with Crippen LogP contribution < -0.4 is 5.32 Å². The van der Waals surface area contributed by atoms with Gasteiger partial charge < -0.3 is 5.32 Å². The van der Waals surface area contributed by atoms with Crippen LogP contribution in [0.1, 0.15) is 25.7 Å². The van der Waals surface area contributed by atoms with Crippen LogP contribution in [0.15, 0.2) is 0 Å². The summed E-state index contributed by atoms with van der Waals surface area (Å²) in [4.78, 5) is 11.7. The van der Waals surface area contributed by atoms with Crippen molar-refractivity contribution in [1.82, 2.24) is 5.32 Å². The highest BCUT2D eigenvalue weighted by Crippen LogP contribution is 2.30. The number of thioether (sulfide) groups is 1. The Morgan fingerprint density at radius 3 is 2.85 bits per heavy atom. The van der Waals surface area contributed by atoms with E-state index >= 15 is 0 Å². The molecule has 1 aliphatic heterocycles. The van der Waals surface area contributed by atoms with Crippen LogP contribution in [0, 0.1) is 5.92 Å². The van der Waals surface area contributed by atoms with Gasteiger partial charge >= 0.3 is 0 Å². The summed E-state index contributed by atoms with van der Waals surface area (Å²) in [5.41, 5.74) is 0. The second kappa shape index (κ2) is 4.47. The lowest BCUT2D eigenvalue weighted by atomic mass is 9.81. The smallest absolute Gasteiger partial charge is 0.150 e. The minimum atomic E-state index is 0.166. The molecule has 3 heteroatoms. The van der Waals surface area contributed by atoms with Crippen molar-refractivity contribution < 1.29 is 4.79 Å². The largest absolute Gasteiger partial charge is 0.306 e. The lowest BCUT2D eigenvalue weighted by Crippen LogP contribution is -2.44. The van der Waals surface area contributed by atoms with Crippen molar-refractivity contribution in [3.05, 3.63) is 0 Å². The second-order valence-electron chi connectivity index (χ2n) is 4.05. The van der Waals surface area contributed by atoms with Gasteiger partial charge in [0.1, 0.15) is 0 Å². The van der Waals surface area contributed by atoms with Crippen LogP contribution in [0.3, 0.4) is 0 Å². The van der Waals surface area contributed by atoms with Gasteiger partial charge in [0.05, 0.1) is 6.04 Å². The summed E-state index contributed by atoms with van der Waals surface area (Å²) >= 11 is 1.90. The number of ketones is 1. The zero-order valence-corrected chi connectivity index (χ0v) is 8.74. The number of hydrogen-bond donors (Lipinski definition) is 1. The zero-order chi connectivity index (χ0) is 9.10. The van der Waals surface area contributed by atoms with E-state index in [4.69, 9.17) is 0 Å². The molecule has 2 aliphatic rings. The highest BCUT2D eigenvalue weighted by Gasteiger charge is 2.26. The van der Waals surface area contributed by atoms with E-state index in [1.807, 2.05) is 11.8 Å². The van der Waals surface area contributed by atoms with E-state index < -0.39 is 0 Å². The maximum absolute atomic E-state index is 11.7. The molecular weight excluding hydrogens is 182 g/mol. The fourth-order valence-corrected chi connectivity index (χ4v) is 2.86. The van der Waals surface area contributed by atoms with E-state index in [0.29, 0.717) is 5.78 Å². The third-order valence-electron chi connectivity index (χ3n) is 3.02. The van der Waals surface area contributed by atoms with Gasteiger partial charge in [0.2, 0.25) is 0 Å². The summed E-state index contributed by atoms with van der Waals surface area (Å²) in [5.74, 6) is 3.33. The minimum Gasteiger partial charge on any atom is -0.306 e. The number of carbonyl (C=O) groups is 1. The summed E-state index contributed by atoms with van der Waals surface area (Å²) in [5, 5.41) is 3.30. The number of carbonyl (C=O) groups excluding carboxylic acids is 1. The average molecular weight is 199 g/mol. The molecule has 2 fully saturated rings. The monoisotopic (exact) mass is 199 g/mol. The van der Waals surface area contributed by atoms with Gasteiger partial charge in [0, 0.05) is 24.5 Å². The Hall–Kier alpha value is -0.0200. The Balaban J connectivity index is 1.74. The molecule has 0 amide bonds. The van der Waals surface area contributed by atoms with Gasteiger partial charge in [-0.3, -0.25) is 4.79 Å². The molecule has 0 aromatic heterocycles. The third kappa shape index (κ3) is 2.47. The van der Waals surface area contributed by atoms with Gasteiger partial charge in [-0.15, -0.1) is 0 Å². The van der Waals surface area contributed by atoms with Crippen molar-refractivity contribution in [2.75, 3.05) is 18.1 Å². The summed E-state index contributed by atoms with van der Waals surface area (Å²) in [7, 11) is 0. The highest BCUT2D eigenvalue weighted by atomic mass is 32.2. The first-order valence-corrected chi connectivity index (χ1v) is 6.35. The molecule has 1 atom stereocenters. The van der Waals surface area contributed by atoms with Crippen LogP contribution in [0.2, 0.25) is 0 Å². The van der Waals surface area contributed by atoms with Crippen molar-refractivity contribution in [2.45, 2.75) is 31.7 Å². The molecule has 1 saturated carbocycles. The number of Topliss-reactive ketones (excluding diaryl/α,β-unsaturated/α-hetero) is 1. The topological polar surface area (TPSA) is 29.1 Å². The molecule has 1 heterocycles. The lowest BCUT2D eigenvalue weighted by Gasteiger charge is -2.28. The molecule has 1 N–H and O–H groups in total. The van der Waals surface area contributed by atoms with Crippen LogP contribution in [0.25, 0.3) is 0 Å². The minimum absolute atomic E-state index is 0.166. The Kier molecular flexibility index (Phi) is 3.28. The van der Waals surface area contributed by atoms with E-state index in [0.717, 1.165) is 30.4 Å². The fraction of sp³-hybridized carbons (Fsp3) is 0.900. The van der Waals surface area contributed by atoms with E-state index in [-0.39, 0.29) is 6.04 Å². The second-order valence-corrected chi connectivity index (χ2v) is 5.20. The maximum Gasteiger partial charge on any atom is 0.150 e. The summed E-state index contributed by atoms with van der Waals surface area (Å²) in [6, 6.07) is 0.166. The van der Waals surface area contributed by atoms with Crippen molar-refractivity contribution in [1.29, 1.82) is 0 Å².